The van der Waals surface area contributed by atoms with Crippen LogP contribution in [0.1, 0.15) is 57.8 Å². The van der Waals surface area contributed by atoms with E-state index in [9.17, 15) is 14.7 Å². The minimum absolute atomic E-state index is 0.243. The van der Waals surface area contributed by atoms with Gasteiger partial charge < -0.3 is 5.11 Å². The van der Waals surface area contributed by atoms with Crippen LogP contribution in [0.2, 0.25) is 0 Å². The highest BCUT2D eigenvalue weighted by Crippen LogP contribution is 2.47. The molecule has 0 aromatic heterocycles. The highest BCUT2D eigenvalue weighted by molar-refractivity contribution is 5.84. The average molecular weight is 224 g/mol. The first-order valence-corrected chi connectivity index (χ1v) is 6.40. The van der Waals surface area contributed by atoms with Gasteiger partial charge in [-0.25, -0.2) is 0 Å². The largest absolute Gasteiger partial charge is 0.481 e. The van der Waals surface area contributed by atoms with Gasteiger partial charge in [-0.3, -0.25) is 9.59 Å². The van der Waals surface area contributed by atoms with E-state index in [1.54, 1.807) is 0 Å². The van der Waals surface area contributed by atoms with Crippen molar-refractivity contribution < 1.29 is 14.7 Å². The Balaban J connectivity index is 2.14. The summed E-state index contributed by atoms with van der Waals surface area (Å²) < 4.78 is 0. The van der Waals surface area contributed by atoms with Gasteiger partial charge in [0.25, 0.3) is 0 Å². The third kappa shape index (κ3) is 2.00. The minimum atomic E-state index is -0.660. The highest BCUT2D eigenvalue weighted by atomic mass is 16.4. The van der Waals surface area contributed by atoms with E-state index >= 15 is 0 Å². The summed E-state index contributed by atoms with van der Waals surface area (Å²) in [5.74, 6) is -0.105. The van der Waals surface area contributed by atoms with Gasteiger partial charge in [-0.15, -0.1) is 0 Å². The van der Waals surface area contributed by atoms with Crippen LogP contribution < -0.4 is 0 Å². The topological polar surface area (TPSA) is 54.4 Å². The van der Waals surface area contributed by atoms with E-state index < -0.39 is 11.4 Å². The molecule has 2 fully saturated rings. The maximum Gasteiger partial charge on any atom is 0.309 e. The smallest absolute Gasteiger partial charge is 0.309 e. The second-order valence-electron chi connectivity index (χ2n) is 5.33. The lowest BCUT2D eigenvalue weighted by atomic mass is 9.61. The van der Waals surface area contributed by atoms with E-state index in [-0.39, 0.29) is 5.78 Å². The standard InChI is InChI=1S/C13H20O3/c14-11-6-8-13(9-7-11,12(15)16)10-4-2-1-3-5-10/h10H,1-9H2,(H,15,16). The molecule has 0 unspecified atom stereocenters. The van der Waals surface area contributed by atoms with Crippen molar-refractivity contribution in [2.75, 3.05) is 0 Å². The summed E-state index contributed by atoms with van der Waals surface area (Å²) in [5, 5.41) is 9.52. The number of carboxylic acids is 1. The Morgan fingerprint density at radius 1 is 1.12 bits per heavy atom. The molecule has 2 rings (SSSR count). The van der Waals surface area contributed by atoms with Crippen molar-refractivity contribution in [3.05, 3.63) is 0 Å². The molecule has 0 atom stereocenters. The summed E-state index contributed by atoms with van der Waals surface area (Å²) in [5.41, 5.74) is -0.575. The monoisotopic (exact) mass is 224 g/mol. The van der Waals surface area contributed by atoms with Crippen molar-refractivity contribution in [2.24, 2.45) is 11.3 Å². The molecule has 0 saturated heterocycles. The molecular formula is C13H20O3. The van der Waals surface area contributed by atoms with E-state index in [0.717, 1.165) is 25.7 Å². The van der Waals surface area contributed by atoms with Crippen LogP contribution in [-0.2, 0) is 9.59 Å². The predicted molar refractivity (Wildman–Crippen MR) is 60.1 cm³/mol. The Morgan fingerprint density at radius 2 is 1.69 bits per heavy atom. The van der Waals surface area contributed by atoms with Crippen molar-refractivity contribution in [3.8, 4) is 0 Å². The quantitative estimate of drug-likeness (QED) is 0.784. The van der Waals surface area contributed by atoms with Crippen LogP contribution in [0.3, 0.4) is 0 Å². The van der Waals surface area contributed by atoms with E-state index in [1.807, 2.05) is 0 Å². The highest BCUT2D eigenvalue weighted by Gasteiger charge is 2.47. The molecule has 2 aliphatic rings. The average Bonchev–Trinajstić information content (AvgIpc) is 2.31. The fourth-order valence-corrected chi connectivity index (χ4v) is 3.43. The molecule has 90 valence electrons. The normalized spacial score (nSPS) is 26.6. The van der Waals surface area contributed by atoms with Crippen LogP contribution in [-0.4, -0.2) is 16.9 Å². The number of carbonyl (C=O) groups excluding carboxylic acids is 1. The number of aliphatic carboxylic acids is 1. The van der Waals surface area contributed by atoms with Gasteiger partial charge in [0, 0.05) is 12.8 Å². The summed E-state index contributed by atoms with van der Waals surface area (Å²) in [7, 11) is 0. The SMILES string of the molecule is O=C1CCC(C(=O)O)(C2CCCCC2)CC1. The van der Waals surface area contributed by atoms with Crippen molar-refractivity contribution in [3.63, 3.8) is 0 Å². The maximum absolute atomic E-state index is 11.6. The van der Waals surface area contributed by atoms with Crippen LogP contribution in [0.25, 0.3) is 0 Å². The molecule has 0 aromatic carbocycles. The molecule has 16 heavy (non-hydrogen) atoms. The van der Waals surface area contributed by atoms with E-state index in [4.69, 9.17) is 0 Å². The molecule has 0 spiro atoms. The number of hydrogen-bond donors (Lipinski definition) is 1. The van der Waals surface area contributed by atoms with Crippen molar-refractivity contribution in [2.45, 2.75) is 57.8 Å². The fraction of sp³-hybridized carbons (Fsp3) is 0.846. The zero-order chi connectivity index (χ0) is 11.6. The number of ketones is 1. The number of carbonyl (C=O) groups is 2. The second-order valence-corrected chi connectivity index (χ2v) is 5.33. The molecule has 3 heteroatoms. The van der Waals surface area contributed by atoms with Gasteiger partial charge in [-0.05, 0) is 31.6 Å². The van der Waals surface area contributed by atoms with Crippen LogP contribution in [0, 0.1) is 11.3 Å². The van der Waals surface area contributed by atoms with E-state index in [0.29, 0.717) is 31.6 Å². The molecule has 0 amide bonds. The molecular weight excluding hydrogens is 204 g/mol. The molecule has 1 N–H and O–H groups in total. The molecule has 2 aliphatic carbocycles. The Bertz CT molecular complexity index is 280. The van der Waals surface area contributed by atoms with E-state index in [2.05, 4.69) is 0 Å². The Hall–Kier alpha value is -0.860. The molecule has 0 radical (unpaired) electrons. The molecule has 2 saturated carbocycles. The van der Waals surface area contributed by atoms with Crippen molar-refractivity contribution in [1.82, 2.24) is 0 Å². The van der Waals surface area contributed by atoms with Gasteiger partial charge in [0.05, 0.1) is 5.41 Å². The van der Waals surface area contributed by atoms with Gasteiger partial charge in [-0.2, -0.15) is 0 Å². The van der Waals surface area contributed by atoms with Gasteiger partial charge >= 0.3 is 5.97 Å². The van der Waals surface area contributed by atoms with Gasteiger partial charge in [-0.1, -0.05) is 19.3 Å². The molecule has 0 aliphatic heterocycles. The first-order valence-electron chi connectivity index (χ1n) is 6.40. The fourth-order valence-electron chi connectivity index (χ4n) is 3.43. The number of rotatable bonds is 2. The third-order valence-corrected chi connectivity index (χ3v) is 4.51. The molecule has 3 nitrogen and oxygen atoms in total. The lowest BCUT2D eigenvalue weighted by Gasteiger charge is -2.41. The predicted octanol–water partition coefficient (Wildman–Crippen LogP) is 2.78. The Morgan fingerprint density at radius 3 is 2.19 bits per heavy atom. The molecule has 0 heterocycles. The summed E-state index contributed by atoms with van der Waals surface area (Å²) >= 11 is 0. The van der Waals surface area contributed by atoms with Gasteiger partial charge in [0.2, 0.25) is 0 Å². The van der Waals surface area contributed by atoms with Crippen LogP contribution in [0.4, 0.5) is 0 Å². The summed E-state index contributed by atoms with van der Waals surface area (Å²) in [6.45, 7) is 0. The van der Waals surface area contributed by atoms with E-state index in [1.165, 1.54) is 6.42 Å². The van der Waals surface area contributed by atoms with Gasteiger partial charge in [0.1, 0.15) is 5.78 Å². The lowest BCUT2D eigenvalue weighted by molar-refractivity contribution is -0.157. The maximum atomic E-state index is 11.6. The van der Waals surface area contributed by atoms with Crippen LogP contribution in [0.5, 0.6) is 0 Å². The van der Waals surface area contributed by atoms with Crippen LogP contribution in [0.15, 0.2) is 0 Å². The minimum Gasteiger partial charge on any atom is -0.481 e. The Labute approximate surface area is 96.2 Å². The van der Waals surface area contributed by atoms with Crippen molar-refractivity contribution in [1.29, 1.82) is 0 Å². The summed E-state index contributed by atoms with van der Waals surface area (Å²) in [6.07, 6.45) is 7.75. The number of Topliss-reactive ketones (excluding diaryl/α,β-unsaturated/α-hetero) is 1. The first kappa shape index (κ1) is 11.6. The van der Waals surface area contributed by atoms with Gasteiger partial charge in [0.15, 0.2) is 0 Å². The molecule has 0 aromatic rings. The number of carboxylic acid groups (broad SMARTS) is 1. The zero-order valence-electron chi connectivity index (χ0n) is 9.71. The Kier molecular flexibility index (Phi) is 3.31. The summed E-state index contributed by atoms with van der Waals surface area (Å²) in [4.78, 5) is 22.8. The van der Waals surface area contributed by atoms with Crippen LogP contribution >= 0.6 is 0 Å². The molecule has 0 bridgehead atoms. The number of hydrogen-bond acceptors (Lipinski definition) is 2. The zero-order valence-corrected chi connectivity index (χ0v) is 9.71. The third-order valence-electron chi connectivity index (χ3n) is 4.51. The summed E-state index contributed by atoms with van der Waals surface area (Å²) in [6, 6.07) is 0. The lowest BCUT2D eigenvalue weighted by Crippen LogP contribution is -2.42. The first-order chi connectivity index (χ1) is 7.65. The van der Waals surface area contributed by atoms with Crippen molar-refractivity contribution >= 4 is 11.8 Å². The second kappa shape index (κ2) is 4.56.